The van der Waals surface area contributed by atoms with Crippen molar-refractivity contribution in [3.05, 3.63) is 59.7 Å². The molecular weight excluding hydrogens is 370 g/mol. The van der Waals surface area contributed by atoms with Gasteiger partial charge in [-0.3, -0.25) is 4.79 Å². The number of urea groups is 1. The van der Waals surface area contributed by atoms with Crippen LogP contribution < -0.4 is 20.1 Å². The number of carbonyl (C=O) groups excluding carboxylic acids is 2. The van der Waals surface area contributed by atoms with Crippen molar-refractivity contribution < 1.29 is 19.1 Å². The standard InChI is InChI=1S/C22H25N3O4/c26-21(23-14-17-6-7-19-20(12-17)29-15-28-19)18-8-10-25(11-9-18)22(27)24-13-16-4-2-1-3-5-16/h1-7,12,18H,8-11,13-15H2,(H,23,26)(H,24,27). The maximum atomic E-state index is 12.5. The molecule has 3 amide bonds. The summed E-state index contributed by atoms with van der Waals surface area (Å²) in [5, 5.41) is 5.94. The van der Waals surface area contributed by atoms with E-state index in [0.29, 0.717) is 44.8 Å². The predicted molar refractivity (Wildman–Crippen MR) is 107 cm³/mol. The molecule has 2 heterocycles. The van der Waals surface area contributed by atoms with Gasteiger partial charge in [-0.2, -0.15) is 0 Å². The molecule has 7 heteroatoms. The Morgan fingerprint density at radius 2 is 1.62 bits per heavy atom. The molecule has 0 spiro atoms. The van der Waals surface area contributed by atoms with Crippen molar-refractivity contribution in [1.29, 1.82) is 0 Å². The molecule has 2 aliphatic heterocycles. The van der Waals surface area contributed by atoms with E-state index in [1.165, 1.54) is 0 Å². The third kappa shape index (κ3) is 4.80. The molecule has 1 fully saturated rings. The summed E-state index contributed by atoms with van der Waals surface area (Å²) in [6.45, 7) is 2.37. The highest BCUT2D eigenvalue weighted by atomic mass is 16.7. The highest BCUT2D eigenvalue weighted by molar-refractivity contribution is 5.79. The van der Waals surface area contributed by atoms with Gasteiger partial charge in [0.05, 0.1) is 0 Å². The molecule has 0 bridgehead atoms. The summed E-state index contributed by atoms with van der Waals surface area (Å²) in [5.74, 6) is 1.42. The van der Waals surface area contributed by atoms with Crippen LogP contribution in [0.4, 0.5) is 4.79 Å². The van der Waals surface area contributed by atoms with Gasteiger partial charge < -0.3 is 25.0 Å². The molecule has 0 aromatic heterocycles. The number of hydrogen-bond acceptors (Lipinski definition) is 4. The molecule has 2 aliphatic rings. The largest absolute Gasteiger partial charge is 0.454 e. The van der Waals surface area contributed by atoms with E-state index in [-0.39, 0.29) is 24.6 Å². The van der Waals surface area contributed by atoms with E-state index in [1.54, 1.807) is 4.90 Å². The van der Waals surface area contributed by atoms with Crippen LogP contribution in [-0.4, -0.2) is 36.7 Å². The van der Waals surface area contributed by atoms with Crippen LogP contribution in [0.2, 0.25) is 0 Å². The number of hydrogen-bond donors (Lipinski definition) is 2. The fourth-order valence-electron chi connectivity index (χ4n) is 3.61. The smallest absolute Gasteiger partial charge is 0.317 e. The molecular formula is C22H25N3O4. The Hall–Kier alpha value is -3.22. The lowest BCUT2D eigenvalue weighted by Crippen LogP contribution is -2.46. The Morgan fingerprint density at radius 1 is 0.897 bits per heavy atom. The second-order valence-electron chi connectivity index (χ2n) is 7.31. The van der Waals surface area contributed by atoms with Gasteiger partial charge in [0.2, 0.25) is 12.7 Å². The van der Waals surface area contributed by atoms with Gasteiger partial charge in [-0.15, -0.1) is 0 Å². The first kappa shape index (κ1) is 19.1. The number of carbonyl (C=O) groups is 2. The first-order valence-corrected chi connectivity index (χ1v) is 9.92. The maximum absolute atomic E-state index is 12.5. The van der Waals surface area contributed by atoms with Crippen LogP contribution >= 0.6 is 0 Å². The van der Waals surface area contributed by atoms with Crippen LogP contribution in [0.1, 0.15) is 24.0 Å². The summed E-state index contributed by atoms with van der Waals surface area (Å²) in [6, 6.07) is 15.4. The molecule has 29 heavy (non-hydrogen) atoms. The van der Waals surface area contributed by atoms with Crippen LogP contribution in [0.15, 0.2) is 48.5 Å². The number of piperidine rings is 1. The van der Waals surface area contributed by atoms with Gasteiger partial charge in [0.25, 0.3) is 0 Å². The molecule has 7 nitrogen and oxygen atoms in total. The van der Waals surface area contributed by atoms with Crippen molar-refractivity contribution in [3.8, 4) is 11.5 Å². The molecule has 2 aromatic carbocycles. The Balaban J connectivity index is 1.19. The van der Waals surface area contributed by atoms with Crippen molar-refractivity contribution in [3.63, 3.8) is 0 Å². The third-order valence-corrected chi connectivity index (χ3v) is 5.34. The summed E-state index contributed by atoms with van der Waals surface area (Å²) >= 11 is 0. The Kier molecular flexibility index (Phi) is 5.84. The van der Waals surface area contributed by atoms with Crippen LogP contribution in [0.3, 0.4) is 0 Å². The number of amides is 3. The number of rotatable bonds is 5. The number of nitrogens with zero attached hydrogens (tertiary/aromatic N) is 1. The zero-order chi connectivity index (χ0) is 20.1. The molecule has 0 saturated carbocycles. The average molecular weight is 395 g/mol. The average Bonchev–Trinajstić information content (AvgIpc) is 3.24. The molecule has 0 aliphatic carbocycles. The number of ether oxygens (including phenoxy) is 2. The summed E-state index contributed by atoms with van der Waals surface area (Å²) in [7, 11) is 0. The zero-order valence-corrected chi connectivity index (χ0v) is 16.2. The quantitative estimate of drug-likeness (QED) is 0.816. The summed E-state index contributed by atoms with van der Waals surface area (Å²) in [4.78, 5) is 26.6. The molecule has 152 valence electrons. The normalized spacial score (nSPS) is 15.8. The van der Waals surface area contributed by atoms with Gasteiger partial charge in [0, 0.05) is 32.1 Å². The van der Waals surface area contributed by atoms with Crippen molar-refractivity contribution >= 4 is 11.9 Å². The third-order valence-electron chi connectivity index (χ3n) is 5.34. The molecule has 2 aromatic rings. The van der Waals surface area contributed by atoms with E-state index < -0.39 is 0 Å². The molecule has 0 radical (unpaired) electrons. The second kappa shape index (κ2) is 8.86. The van der Waals surface area contributed by atoms with E-state index >= 15 is 0 Å². The van der Waals surface area contributed by atoms with Crippen LogP contribution in [-0.2, 0) is 17.9 Å². The summed E-state index contributed by atoms with van der Waals surface area (Å²) in [6.07, 6.45) is 1.34. The zero-order valence-electron chi connectivity index (χ0n) is 16.2. The number of nitrogens with one attached hydrogen (secondary N) is 2. The Morgan fingerprint density at radius 3 is 2.41 bits per heavy atom. The van der Waals surface area contributed by atoms with E-state index in [0.717, 1.165) is 16.9 Å². The second-order valence-corrected chi connectivity index (χ2v) is 7.31. The van der Waals surface area contributed by atoms with Gasteiger partial charge in [-0.25, -0.2) is 4.79 Å². The Bertz CT molecular complexity index is 864. The monoisotopic (exact) mass is 395 g/mol. The first-order chi connectivity index (χ1) is 14.2. The van der Waals surface area contributed by atoms with Gasteiger partial charge in [-0.05, 0) is 36.1 Å². The van der Waals surface area contributed by atoms with Gasteiger partial charge >= 0.3 is 6.03 Å². The SMILES string of the molecule is O=C(NCc1ccc2c(c1)OCO2)C1CCN(C(=O)NCc2ccccc2)CC1. The molecule has 4 rings (SSSR count). The van der Waals surface area contributed by atoms with Crippen LogP contribution in [0.25, 0.3) is 0 Å². The molecule has 0 atom stereocenters. The minimum absolute atomic E-state index is 0.0343. The molecule has 0 unspecified atom stereocenters. The van der Waals surface area contributed by atoms with E-state index in [2.05, 4.69) is 10.6 Å². The van der Waals surface area contributed by atoms with Crippen LogP contribution in [0, 0.1) is 5.92 Å². The summed E-state index contributed by atoms with van der Waals surface area (Å²) in [5.41, 5.74) is 2.04. The van der Waals surface area contributed by atoms with E-state index in [4.69, 9.17) is 9.47 Å². The highest BCUT2D eigenvalue weighted by Gasteiger charge is 2.27. The molecule has 2 N–H and O–H groups in total. The van der Waals surface area contributed by atoms with E-state index in [1.807, 2.05) is 48.5 Å². The lowest BCUT2D eigenvalue weighted by atomic mass is 9.96. The van der Waals surface area contributed by atoms with Gasteiger partial charge in [0.15, 0.2) is 11.5 Å². The lowest BCUT2D eigenvalue weighted by molar-refractivity contribution is -0.126. The Labute approximate surface area is 170 Å². The highest BCUT2D eigenvalue weighted by Crippen LogP contribution is 2.32. The minimum atomic E-state index is -0.0759. The first-order valence-electron chi connectivity index (χ1n) is 9.92. The predicted octanol–water partition coefficient (Wildman–Crippen LogP) is 2.65. The van der Waals surface area contributed by atoms with Crippen molar-refractivity contribution in [2.45, 2.75) is 25.9 Å². The fraction of sp³-hybridized carbons (Fsp3) is 0.364. The van der Waals surface area contributed by atoms with Crippen molar-refractivity contribution in [1.82, 2.24) is 15.5 Å². The van der Waals surface area contributed by atoms with Gasteiger partial charge in [-0.1, -0.05) is 36.4 Å². The molecule has 1 saturated heterocycles. The van der Waals surface area contributed by atoms with Crippen molar-refractivity contribution in [2.75, 3.05) is 19.9 Å². The maximum Gasteiger partial charge on any atom is 0.317 e. The number of fused-ring (bicyclic) bond motifs is 1. The summed E-state index contributed by atoms with van der Waals surface area (Å²) < 4.78 is 10.7. The topological polar surface area (TPSA) is 79.9 Å². The van der Waals surface area contributed by atoms with E-state index in [9.17, 15) is 9.59 Å². The fourth-order valence-corrected chi connectivity index (χ4v) is 3.61. The van der Waals surface area contributed by atoms with Crippen molar-refractivity contribution in [2.24, 2.45) is 5.92 Å². The van der Waals surface area contributed by atoms with Crippen LogP contribution in [0.5, 0.6) is 11.5 Å². The number of benzene rings is 2. The van der Waals surface area contributed by atoms with Gasteiger partial charge in [0.1, 0.15) is 0 Å². The number of likely N-dealkylation sites (tertiary alicyclic amines) is 1. The lowest BCUT2D eigenvalue weighted by Gasteiger charge is -2.31. The minimum Gasteiger partial charge on any atom is -0.454 e.